The minimum atomic E-state index is 0.285. The number of hydrogen-bond acceptors (Lipinski definition) is 5. The van der Waals surface area contributed by atoms with Crippen molar-refractivity contribution in [3.05, 3.63) is 11.9 Å². The van der Waals surface area contributed by atoms with Gasteiger partial charge in [-0.3, -0.25) is 0 Å². The molecular weight excluding hydrogens is 228 g/mol. The van der Waals surface area contributed by atoms with Crippen molar-refractivity contribution in [1.82, 2.24) is 9.97 Å². The van der Waals surface area contributed by atoms with Crippen molar-refractivity contribution in [3.63, 3.8) is 0 Å². The van der Waals surface area contributed by atoms with Crippen molar-refractivity contribution < 1.29 is 4.74 Å². The number of rotatable bonds is 3. The Morgan fingerprint density at radius 1 is 1.39 bits per heavy atom. The van der Waals surface area contributed by atoms with Crippen LogP contribution < -0.4 is 15.4 Å². The normalized spacial score (nSPS) is 18.8. The standard InChI is InChI=1S/C13H22N4O/c1-9-12(15-8-16-13(9)18-3)17-6-4-11(5-7-17)10(2)14/h8,10-11H,4-7,14H2,1-3H3. The molecule has 0 aliphatic carbocycles. The molecule has 5 heteroatoms. The third-order valence-electron chi connectivity index (χ3n) is 3.79. The minimum Gasteiger partial charge on any atom is -0.481 e. The molecule has 5 nitrogen and oxygen atoms in total. The van der Waals surface area contributed by atoms with Crippen molar-refractivity contribution in [2.75, 3.05) is 25.1 Å². The van der Waals surface area contributed by atoms with Crippen LogP contribution in [0.5, 0.6) is 5.88 Å². The Bertz CT molecular complexity index is 400. The molecule has 0 bridgehead atoms. The summed E-state index contributed by atoms with van der Waals surface area (Å²) in [5, 5.41) is 0. The van der Waals surface area contributed by atoms with E-state index in [0.717, 1.165) is 37.3 Å². The molecule has 1 saturated heterocycles. The molecule has 1 atom stereocenters. The number of nitrogens with two attached hydrogens (primary N) is 1. The SMILES string of the molecule is COc1ncnc(N2CCC(C(C)N)CC2)c1C. The van der Waals surface area contributed by atoms with Crippen LogP contribution in [-0.2, 0) is 0 Å². The average molecular weight is 250 g/mol. The van der Waals surface area contributed by atoms with Crippen LogP contribution in [0.25, 0.3) is 0 Å². The topological polar surface area (TPSA) is 64.3 Å². The molecule has 0 radical (unpaired) electrons. The Hall–Kier alpha value is -1.36. The van der Waals surface area contributed by atoms with Crippen LogP contribution in [0.3, 0.4) is 0 Å². The van der Waals surface area contributed by atoms with Gasteiger partial charge in [-0.1, -0.05) is 0 Å². The van der Waals surface area contributed by atoms with Gasteiger partial charge in [-0.15, -0.1) is 0 Å². The predicted molar refractivity (Wildman–Crippen MR) is 71.9 cm³/mol. The molecule has 2 rings (SSSR count). The zero-order valence-corrected chi connectivity index (χ0v) is 11.4. The molecule has 1 aliphatic rings. The zero-order valence-electron chi connectivity index (χ0n) is 11.4. The van der Waals surface area contributed by atoms with Crippen LogP contribution in [0, 0.1) is 12.8 Å². The van der Waals surface area contributed by atoms with E-state index < -0.39 is 0 Å². The van der Waals surface area contributed by atoms with Gasteiger partial charge in [0.25, 0.3) is 0 Å². The van der Waals surface area contributed by atoms with Crippen molar-refractivity contribution >= 4 is 5.82 Å². The van der Waals surface area contributed by atoms with Gasteiger partial charge in [0.1, 0.15) is 12.1 Å². The Kier molecular flexibility index (Phi) is 4.01. The summed E-state index contributed by atoms with van der Waals surface area (Å²) in [5.74, 6) is 2.28. The Labute approximate surface area is 108 Å². The van der Waals surface area contributed by atoms with E-state index >= 15 is 0 Å². The van der Waals surface area contributed by atoms with E-state index in [1.807, 2.05) is 6.92 Å². The van der Waals surface area contributed by atoms with Crippen molar-refractivity contribution in [2.24, 2.45) is 11.7 Å². The molecule has 1 aliphatic heterocycles. The van der Waals surface area contributed by atoms with Crippen LogP contribution in [0.1, 0.15) is 25.3 Å². The third-order valence-corrected chi connectivity index (χ3v) is 3.79. The Morgan fingerprint density at radius 2 is 2.06 bits per heavy atom. The fourth-order valence-electron chi connectivity index (χ4n) is 2.59. The third kappa shape index (κ3) is 2.56. The first-order valence-electron chi connectivity index (χ1n) is 6.49. The summed E-state index contributed by atoms with van der Waals surface area (Å²) >= 11 is 0. The van der Waals surface area contributed by atoms with Gasteiger partial charge in [-0.25, -0.2) is 9.97 Å². The van der Waals surface area contributed by atoms with E-state index in [-0.39, 0.29) is 6.04 Å². The van der Waals surface area contributed by atoms with Crippen molar-refractivity contribution in [1.29, 1.82) is 0 Å². The second kappa shape index (κ2) is 5.52. The van der Waals surface area contributed by atoms with Gasteiger partial charge in [-0.05, 0) is 32.6 Å². The van der Waals surface area contributed by atoms with E-state index in [1.54, 1.807) is 13.4 Å². The predicted octanol–water partition coefficient (Wildman–Crippen LogP) is 1.36. The first-order valence-corrected chi connectivity index (χ1v) is 6.49. The summed E-state index contributed by atoms with van der Waals surface area (Å²) in [6.45, 7) is 6.12. The van der Waals surface area contributed by atoms with Crippen molar-refractivity contribution in [3.8, 4) is 5.88 Å². The molecule has 1 unspecified atom stereocenters. The number of nitrogens with zero attached hydrogens (tertiary/aromatic N) is 3. The second-order valence-electron chi connectivity index (χ2n) is 5.02. The molecular formula is C13H22N4O. The van der Waals surface area contributed by atoms with Gasteiger partial charge in [0.2, 0.25) is 5.88 Å². The first-order chi connectivity index (χ1) is 8.63. The summed E-state index contributed by atoms with van der Waals surface area (Å²) < 4.78 is 5.24. The number of ether oxygens (including phenoxy) is 1. The Balaban J connectivity index is 2.10. The molecule has 1 aromatic heterocycles. The maximum atomic E-state index is 5.96. The van der Waals surface area contributed by atoms with E-state index in [4.69, 9.17) is 10.5 Å². The number of aromatic nitrogens is 2. The van der Waals surface area contributed by atoms with Gasteiger partial charge in [0, 0.05) is 19.1 Å². The number of piperidine rings is 1. The highest BCUT2D eigenvalue weighted by molar-refractivity contribution is 5.50. The molecule has 0 aromatic carbocycles. The highest BCUT2D eigenvalue weighted by Gasteiger charge is 2.24. The van der Waals surface area contributed by atoms with Crippen LogP contribution in [0.15, 0.2) is 6.33 Å². The van der Waals surface area contributed by atoms with Gasteiger partial charge in [0.15, 0.2) is 0 Å². The first kappa shape index (κ1) is 13.1. The molecule has 18 heavy (non-hydrogen) atoms. The van der Waals surface area contributed by atoms with E-state index in [1.165, 1.54) is 0 Å². The molecule has 1 fully saturated rings. The average Bonchev–Trinajstić information content (AvgIpc) is 2.39. The monoisotopic (exact) mass is 250 g/mol. The smallest absolute Gasteiger partial charge is 0.221 e. The number of methoxy groups -OCH3 is 1. The highest BCUT2D eigenvalue weighted by atomic mass is 16.5. The number of anilines is 1. The van der Waals surface area contributed by atoms with E-state index in [9.17, 15) is 0 Å². The molecule has 2 heterocycles. The van der Waals surface area contributed by atoms with Gasteiger partial charge in [-0.2, -0.15) is 0 Å². The molecule has 0 amide bonds. The fraction of sp³-hybridized carbons (Fsp3) is 0.692. The summed E-state index contributed by atoms with van der Waals surface area (Å²) in [6, 6.07) is 0.285. The largest absolute Gasteiger partial charge is 0.481 e. The van der Waals surface area contributed by atoms with Crippen LogP contribution in [-0.4, -0.2) is 36.2 Å². The van der Waals surface area contributed by atoms with Gasteiger partial charge in [0.05, 0.1) is 12.7 Å². The fourth-order valence-corrected chi connectivity index (χ4v) is 2.59. The second-order valence-corrected chi connectivity index (χ2v) is 5.02. The van der Waals surface area contributed by atoms with Crippen LogP contribution in [0.2, 0.25) is 0 Å². The lowest BCUT2D eigenvalue weighted by atomic mass is 9.91. The van der Waals surface area contributed by atoms with Crippen molar-refractivity contribution in [2.45, 2.75) is 32.7 Å². The maximum Gasteiger partial charge on any atom is 0.221 e. The summed E-state index contributed by atoms with van der Waals surface area (Å²) in [7, 11) is 1.64. The Morgan fingerprint density at radius 3 is 2.61 bits per heavy atom. The summed E-state index contributed by atoms with van der Waals surface area (Å²) in [4.78, 5) is 10.8. The molecule has 100 valence electrons. The maximum absolute atomic E-state index is 5.96. The molecule has 0 spiro atoms. The van der Waals surface area contributed by atoms with E-state index in [0.29, 0.717) is 11.8 Å². The lowest BCUT2D eigenvalue weighted by Crippen LogP contribution is -2.40. The van der Waals surface area contributed by atoms with Crippen LogP contribution >= 0.6 is 0 Å². The molecule has 1 aromatic rings. The lowest BCUT2D eigenvalue weighted by Gasteiger charge is -2.35. The lowest BCUT2D eigenvalue weighted by molar-refractivity contribution is 0.352. The van der Waals surface area contributed by atoms with Gasteiger partial charge < -0.3 is 15.4 Å². The minimum absolute atomic E-state index is 0.285. The summed E-state index contributed by atoms with van der Waals surface area (Å²) in [5.41, 5.74) is 6.98. The van der Waals surface area contributed by atoms with Gasteiger partial charge >= 0.3 is 0 Å². The zero-order chi connectivity index (χ0) is 13.1. The van der Waals surface area contributed by atoms with E-state index in [2.05, 4.69) is 21.8 Å². The molecule has 2 N–H and O–H groups in total. The highest BCUT2D eigenvalue weighted by Crippen LogP contribution is 2.28. The number of hydrogen-bond donors (Lipinski definition) is 1. The quantitative estimate of drug-likeness (QED) is 0.877. The van der Waals surface area contributed by atoms with Crippen LogP contribution in [0.4, 0.5) is 5.82 Å². The summed E-state index contributed by atoms with van der Waals surface area (Å²) in [6.07, 6.45) is 3.83. The molecule has 0 saturated carbocycles.